The maximum atomic E-state index is 13.4. The molecule has 7 nitrogen and oxygen atoms in total. The van der Waals surface area contributed by atoms with Gasteiger partial charge in [-0.05, 0) is 25.1 Å². The van der Waals surface area contributed by atoms with Gasteiger partial charge in [0.2, 0.25) is 0 Å². The predicted octanol–water partition coefficient (Wildman–Crippen LogP) is 5.59. The van der Waals surface area contributed by atoms with Crippen LogP contribution in [0.1, 0.15) is 17.3 Å². The van der Waals surface area contributed by atoms with E-state index in [1.54, 1.807) is 12.1 Å². The maximum absolute atomic E-state index is 13.4. The van der Waals surface area contributed by atoms with E-state index in [9.17, 15) is 14.9 Å². The number of carbonyl (C=O) groups is 1. The number of nitro groups is 1. The van der Waals surface area contributed by atoms with E-state index < -0.39 is 4.92 Å². The Balaban J connectivity index is 1.69. The van der Waals surface area contributed by atoms with Gasteiger partial charge in [0.1, 0.15) is 0 Å². The molecule has 0 atom stereocenters. The second-order valence-electron chi connectivity index (χ2n) is 7.39. The lowest BCUT2D eigenvalue weighted by Crippen LogP contribution is -2.16. The molecule has 0 aliphatic rings. The number of nitrogens with zero attached hydrogens (tertiary/aromatic N) is 4. The first-order valence-electron chi connectivity index (χ1n) is 10.4. The minimum Gasteiger partial charge on any atom is -0.317 e. The number of hydrogen-bond acceptors (Lipinski definition) is 5. The molecule has 8 heteroatoms. The van der Waals surface area contributed by atoms with Gasteiger partial charge in [-0.2, -0.15) is 4.99 Å². The van der Waals surface area contributed by atoms with Crippen LogP contribution in [0.4, 0.5) is 5.69 Å². The summed E-state index contributed by atoms with van der Waals surface area (Å²) in [6.45, 7) is 2.53. The summed E-state index contributed by atoms with van der Waals surface area (Å²) in [7, 11) is 0. The van der Waals surface area contributed by atoms with Gasteiger partial charge in [0.15, 0.2) is 4.80 Å². The van der Waals surface area contributed by atoms with Gasteiger partial charge in [-0.15, -0.1) is 0 Å². The Hall–Kier alpha value is -4.17. The Morgan fingerprint density at radius 3 is 2.58 bits per heavy atom. The molecular formula is C25H18N4O3S. The van der Waals surface area contributed by atoms with Gasteiger partial charge in [-0.1, -0.05) is 59.9 Å². The van der Waals surface area contributed by atoms with Gasteiger partial charge < -0.3 is 4.57 Å². The SMILES string of the molecule is CCn1c(=NC(=O)c2cc(-c3ccccc3)nc3ccccc23)sc2cc([N+](=O)[O-])ccc21. The molecule has 0 fully saturated rings. The monoisotopic (exact) mass is 454 g/mol. The molecule has 1 amide bonds. The number of carbonyl (C=O) groups excluding carboxylic acids is 1. The van der Waals surface area contributed by atoms with Crippen LogP contribution in [-0.4, -0.2) is 20.4 Å². The van der Waals surface area contributed by atoms with Gasteiger partial charge in [0, 0.05) is 29.6 Å². The van der Waals surface area contributed by atoms with Crippen molar-refractivity contribution < 1.29 is 9.72 Å². The average Bonchev–Trinajstić information content (AvgIpc) is 3.19. The Labute approximate surface area is 192 Å². The van der Waals surface area contributed by atoms with Gasteiger partial charge >= 0.3 is 0 Å². The van der Waals surface area contributed by atoms with Gasteiger partial charge in [0.25, 0.3) is 11.6 Å². The lowest BCUT2D eigenvalue weighted by Gasteiger charge is -2.07. The number of nitro benzene ring substituents is 1. The van der Waals surface area contributed by atoms with Crippen molar-refractivity contribution in [2.75, 3.05) is 0 Å². The highest BCUT2D eigenvalue weighted by Gasteiger charge is 2.16. The molecule has 5 rings (SSSR count). The Morgan fingerprint density at radius 2 is 1.82 bits per heavy atom. The summed E-state index contributed by atoms with van der Waals surface area (Å²) in [4.78, 5) is 33.8. The fourth-order valence-corrected chi connectivity index (χ4v) is 4.95. The third-order valence-corrected chi connectivity index (χ3v) is 6.45. The molecule has 0 saturated carbocycles. The van der Waals surface area contributed by atoms with Crippen LogP contribution in [0.25, 0.3) is 32.4 Å². The molecule has 5 aromatic rings. The number of benzene rings is 3. The van der Waals surface area contributed by atoms with Gasteiger partial charge in [-0.3, -0.25) is 14.9 Å². The van der Waals surface area contributed by atoms with Crippen molar-refractivity contribution in [3.63, 3.8) is 0 Å². The van der Waals surface area contributed by atoms with Gasteiger partial charge in [-0.25, -0.2) is 4.98 Å². The van der Waals surface area contributed by atoms with Crippen LogP contribution < -0.4 is 4.80 Å². The van der Waals surface area contributed by atoms with E-state index in [4.69, 9.17) is 4.98 Å². The van der Waals surface area contributed by atoms with Crippen LogP contribution in [-0.2, 0) is 6.54 Å². The summed E-state index contributed by atoms with van der Waals surface area (Å²) in [6.07, 6.45) is 0. The maximum Gasteiger partial charge on any atom is 0.280 e. The van der Waals surface area contributed by atoms with Crippen molar-refractivity contribution in [3.05, 3.63) is 99.3 Å². The van der Waals surface area contributed by atoms with Gasteiger partial charge in [0.05, 0.1) is 31.9 Å². The number of aryl methyl sites for hydroxylation is 1. The number of non-ortho nitro benzene ring substituents is 1. The molecule has 0 bridgehead atoms. The lowest BCUT2D eigenvalue weighted by molar-refractivity contribution is -0.384. The molecule has 0 unspecified atom stereocenters. The predicted molar refractivity (Wildman–Crippen MR) is 129 cm³/mol. The Kier molecular flexibility index (Phi) is 5.27. The second kappa shape index (κ2) is 8.40. The molecule has 0 radical (unpaired) electrons. The van der Waals surface area contributed by atoms with E-state index in [1.807, 2.05) is 66.1 Å². The lowest BCUT2D eigenvalue weighted by atomic mass is 10.0. The molecule has 0 spiro atoms. The van der Waals surface area contributed by atoms with Crippen molar-refractivity contribution in [2.45, 2.75) is 13.5 Å². The van der Waals surface area contributed by atoms with Crippen LogP contribution in [0.15, 0.2) is 83.9 Å². The molecule has 0 saturated heterocycles. The molecule has 2 aromatic heterocycles. The zero-order valence-electron chi connectivity index (χ0n) is 17.6. The van der Waals surface area contributed by atoms with E-state index in [1.165, 1.54) is 23.5 Å². The second-order valence-corrected chi connectivity index (χ2v) is 8.40. The van der Waals surface area contributed by atoms with Crippen molar-refractivity contribution in [1.29, 1.82) is 0 Å². The molecule has 33 heavy (non-hydrogen) atoms. The minimum atomic E-state index is -0.425. The van der Waals surface area contributed by atoms with Crippen LogP contribution in [0.5, 0.6) is 0 Å². The van der Waals surface area contributed by atoms with E-state index in [2.05, 4.69) is 4.99 Å². The molecule has 0 N–H and O–H groups in total. The van der Waals surface area contributed by atoms with Crippen LogP contribution >= 0.6 is 11.3 Å². The first-order chi connectivity index (χ1) is 16.0. The van der Waals surface area contributed by atoms with Crippen LogP contribution in [0.3, 0.4) is 0 Å². The van der Waals surface area contributed by atoms with E-state index >= 15 is 0 Å². The number of fused-ring (bicyclic) bond motifs is 2. The number of hydrogen-bond donors (Lipinski definition) is 0. The summed E-state index contributed by atoms with van der Waals surface area (Å²) in [5, 5.41) is 11.9. The van der Waals surface area contributed by atoms with E-state index in [0.29, 0.717) is 32.8 Å². The smallest absolute Gasteiger partial charge is 0.280 e. The highest BCUT2D eigenvalue weighted by molar-refractivity contribution is 7.16. The number of rotatable bonds is 4. The molecule has 162 valence electrons. The largest absolute Gasteiger partial charge is 0.317 e. The van der Waals surface area contributed by atoms with Crippen molar-refractivity contribution in [2.24, 2.45) is 4.99 Å². The quantitative estimate of drug-likeness (QED) is 0.262. The number of amides is 1. The summed E-state index contributed by atoms with van der Waals surface area (Å²) < 4.78 is 2.60. The Morgan fingerprint density at radius 1 is 1.06 bits per heavy atom. The molecular weight excluding hydrogens is 436 g/mol. The topological polar surface area (TPSA) is 90.4 Å². The number of para-hydroxylation sites is 1. The number of thiazole rings is 1. The summed E-state index contributed by atoms with van der Waals surface area (Å²) >= 11 is 1.26. The fraction of sp³-hybridized carbons (Fsp3) is 0.0800. The average molecular weight is 455 g/mol. The summed E-state index contributed by atoms with van der Waals surface area (Å²) in [6, 6.07) is 23.7. The molecule has 0 aliphatic carbocycles. The van der Waals surface area contributed by atoms with Crippen molar-refractivity contribution >= 4 is 44.1 Å². The van der Waals surface area contributed by atoms with Crippen LogP contribution in [0.2, 0.25) is 0 Å². The summed E-state index contributed by atoms with van der Waals surface area (Å²) in [5.41, 5.74) is 3.61. The molecule has 0 aliphatic heterocycles. The third-order valence-electron chi connectivity index (χ3n) is 5.41. The fourth-order valence-electron chi connectivity index (χ4n) is 3.82. The third kappa shape index (κ3) is 3.81. The minimum absolute atomic E-state index is 0.0116. The zero-order chi connectivity index (χ0) is 22.9. The first kappa shape index (κ1) is 20.7. The van der Waals surface area contributed by atoms with Crippen molar-refractivity contribution in [1.82, 2.24) is 9.55 Å². The highest BCUT2D eigenvalue weighted by Crippen LogP contribution is 2.26. The molecule has 3 aromatic carbocycles. The summed E-state index contributed by atoms with van der Waals surface area (Å²) in [5.74, 6) is -0.381. The zero-order valence-corrected chi connectivity index (χ0v) is 18.5. The normalized spacial score (nSPS) is 11.8. The van der Waals surface area contributed by atoms with Crippen LogP contribution in [0, 0.1) is 10.1 Å². The van der Waals surface area contributed by atoms with Crippen molar-refractivity contribution in [3.8, 4) is 11.3 Å². The standard InChI is InChI=1S/C25H18N4O3S/c1-2-28-22-13-12-17(29(31)32)14-23(22)33-25(28)27-24(30)19-15-21(16-8-4-3-5-9-16)26-20-11-7-6-10-18(19)20/h3-15H,2H2,1H3. The highest BCUT2D eigenvalue weighted by atomic mass is 32.1. The first-order valence-corrected chi connectivity index (χ1v) is 11.2. The van der Waals surface area contributed by atoms with E-state index in [-0.39, 0.29) is 11.6 Å². The van der Waals surface area contributed by atoms with E-state index in [0.717, 1.165) is 16.5 Å². The number of pyridine rings is 1. The Bertz CT molecular complexity index is 1600. The number of aromatic nitrogens is 2. The molecule has 2 heterocycles.